The predicted molar refractivity (Wildman–Crippen MR) is 55.7 cm³/mol. The molecule has 0 spiro atoms. The molecule has 0 N–H and O–H groups in total. The van der Waals surface area contributed by atoms with Crippen LogP contribution in [0.25, 0.3) is 0 Å². The molecule has 0 fully saturated rings. The fourth-order valence-electron chi connectivity index (χ4n) is 1.29. The first-order valence-corrected chi connectivity index (χ1v) is 5.26. The molecule has 0 unspecified atom stereocenters. The van der Waals surface area contributed by atoms with E-state index >= 15 is 0 Å². The van der Waals surface area contributed by atoms with E-state index in [0.717, 1.165) is 5.56 Å². The van der Waals surface area contributed by atoms with Gasteiger partial charge in [0.05, 0.1) is 0 Å². The molecule has 15 heavy (non-hydrogen) atoms. The predicted octanol–water partition coefficient (Wildman–Crippen LogP) is 0.635. The Morgan fingerprint density at radius 1 is 1.33 bits per heavy atom. The maximum atomic E-state index is 11.1. The van der Waals surface area contributed by atoms with Gasteiger partial charge in [0.1, 0.15) is 0 Å². The van der Waals surface area contributed by atoms with Crippen molar-refractivity contribution in [3.63, 3.8) is 0 Å². The van der Waals surface area contributed by atoms with E-state index in [1.165, 1.54) is 6.33 Å². The molecular formula is C10H8N3OSe. The molecule has 0 aliphatic rings. The summed E-state index contributed by atoms with van der Waals surface area (Å²) in [5.74, 6) is 0.346. The minimum absolute atomic E-state index is 0.191. The van der Waals surface area contributed by atoms with Crippen LogP contribution < -0.4 is 0 Å². The molecular weight excluding hydrogens is 257 g/mol. The third-order valence-corrected chi connectivity index (χ3v) is 2.36. The summed E-state index contributed by atoms with van der Waals surface area (Å²) in [6.07, 6.45) is 1.38. The number of carbonyl (C=O) groups is 1. The molecule has 0 aliphatic heterocycles. The Kier molecular flexibility index (Phi) is 2.94. The first kappa shape index (κ1) is 10.1. The SMILES string of the molecule is O=C([Se])c1ncnn1Cc1ccccc1. The van der Waals surface area contributed by atoms with E-state index in [2.05, 4.69) is 26.1 Å². The maximum absolute atomic E-state index is 11.1. The van der Waals surface area contributed by atoms with Gasteiger partial charge in [-0.25, -0.2) is 0 Å². The quantitative estimate of drug-likeness (QED) is 0.765. The molecule has 0 atom stereocenters. The number of benzene rings is 1. The molecule has 1 radical (unpaired) electrons. The first-order chi connectivity index (χ1) is 7.27. The molecule has 2 aromatic rings. The summed E-state index contributed by atoms with van der Waals surface area (Å²) in [6, 6.07) is 9.81. The van der Waals surface area contributed by atoms with Crippen LogP contribution in [0.1, 0.15) is 16.2 Å². The molecule has 4 nitrogen and oxygen atoms in total. The Labute approximate surface area is 95.1 Å². The van der Waals surface area contributed by atoms with E-state index in [-0.39, 0.29) is 4.68 Å². The van der Waals surface area contributed by atoms with E-state index in [9.17, 15) is 4.79 Å². The van der Waals surface area contributed by atoms with Gasteiger partial charge in [-0.3, -0.25) is 0 Å². The number of nitrogens with zero attached hydrogens (tertiary/aromatic N) is 3. The molecule has 1 aromatic heterocycles. The summed E-state index contributed by atoms with van der Waals surface area (Å²) in [6.45, 7) is 0.559. The average Bonchev–Trinajstić information content (AvgIpc) is 2.67. The van der Waals surface area contributed by atoms with Crippen molar-refractivity contribution in [1.82, 2.24) is 14.8 Å². The monoisotopic (exact) mass is 266 g/mol. The molecule has 1 heterocycles. The Bertz CT molecular complexity index is 467. The van der Waals surface area contributed by atoms with Crippen LogP contribution in [0.3, 0.4) is 0 Å². The van der Waals surface area contributed by atoms with Gasteiger partial charge in [-0.05, 0) is 0 Å². The van der Waals surface area contributed by atoms with Gasteiger partial charge in [0.15, 0.2) is 0 Å². The van der Waals surface area contributed by atoms with Crippen LogP contribution in [0, 0.1) is 0 Å². The Morgan fingerprint density at radius 2 is 2.07 bits per heavy atom. The molecule has 0 saturated heterocycles. The van der Waals surface area contributed by atoms with Crippen molar-refractivity contribution in [2.24, 2.45) is 0 Å². The molecule has 0 aliphatic carbocycles. The van der Waals surface area contributed by atoms with Gasteiger partial charge < -0.3 is 0 Å². The number of hydrogen-bond acceptors (Lipinski definition) is 3. The molecule has 2 rings (SSSR count). The molecule has 0 bridgehead atoms. The molecule has 0 saturated carbocycles. The second kappa shape index (κ2) is 4.38. The number of rotatable bonds is 3. The van der Waals surface area contributed by atoms with Crippen molar-refractivity contribution < 1.29 is 4.79 Å². The van der Waals surface area contributed by atoms with Crippen LogP contribution in [0.15, 0.2) is 36.7 Å². The van der Waals surface area contributed by atoms with Gasteiger partial charge in [0.25, 0.3) is 0 Å². The van der Waals surface area contributed by atoms with E-state index in [0.29, 0.717) is 12.4 Å². The van der Waals surface area contributed by atoms with Gasteiger partial charge >= 0.3 is 94.8 Å². The average molecular weight is 265 g/mol. The topological polar surface area (TPSA) is 47.8 Å². The fraction of sp³-hybridized carbons (Fsp3) is 0.100. The van der Waals surface area contributed by atoms with Gasteiger partial charge in [-0.2, -0.15) is 0 Å². The van der Waals surface area contributed by atoms with Gasteiger partial charge in [-0.1, -0.05) is 0 Å². The van der Waals surface area contributed by atoms with E-state index in [1.54, 1.807) is 4.68 Å². The van der Waals surface area contributed by atoms with Crippen molar-refractivity contribution in [3.05, 3.63) is 48.0 Å². The van der Waals surface area contributed by atoms with Crippen LogP contribution in [-0.4, -0.2) is 35.5 Å². The molecule has 0 amide bonds. The van der Waals surface area contributed by atoms with Crippen LogP contribution >= 0.6 is 0 Å². The Balaban J connectivity index is 2.25. The Morgan fingerprint density at radius 3 is 2.73 bits per heavy atom. The van der Waals surface area contributed by atoms with Gasteiger partial charge in [0, 0.05) is 0 Å². The number of carbonyl (C=O) groups excluding carboxylic acids is 1. The van der Waals surface area contributed by atoms with Crippen LogP contribution in [-0.2, 0) is 6.54 Å². The van der Waals surface area contributed by atoms with Crippen LogP contribution in [0.2, 0.25) is 0 Å². The van der Waals surface area contributed by atoms with E-state index in [4.69, 9.17) is 0 Å². The third-order valence-electron chi connectivity index (χ3n) is 1.97. The van der Waals surface area contributed by atoms with Crippen molar-refractivity contribution in [3.8, 4) is 0 Å². The summed E-state index contributed by atoms with van der Waals surface area (Å²) in [4.78, 5) is 15.0. The summed E-state index contributed by atoms with van der Waals surface area (Å²) in [5.41, 5.74) is 1.09. The fourth-order valence-corrected chi connectivity index (χ4v) is 1.63. The first-order valence-electron chi connectivity index (χ1n) is 4.40. The van der Waals surface area contributed by atoms with Crippen LogP contribution in [0.5, 0.6) is 0 Å². The zero-order valence-electron chi connectivity index (χ0n) is 7.83. The number of aromatic nitrogens is 3. The van der Waals surface area contributed by atoms with Gasteiger partial charge in [0.2, 0.25) is 0 Å². The second-order valence-corrected chi connectivity index (χ2v) is 3.79. The van der Waals surface area contributed by atoms with Crippen LogP contribution in [0.4, 0.5) is 0 Å². The molecule has 1 aromatic carbocycles. The van der Waals surface area contributed by atoms with Crippen molar-refractivity contribution in [2.75, 3.05) is 0 Å². The third kappa shape index (κ3) is 2.32. The standard InChI is InChI=1S/C10H8N3OSe/c14-10(15)9-11-7-12-13(9)6-8-4-2-1-3-5-8/h1-5,7H,6H2. The summed E-state index contributed by atoms with van der Waals surface area (Å²) in [7, 11) is 0. The van der Waals surface area contributed by atoms with Crippen molar-refractivity contribution in [2.45, 2.75) is 6.54 Å². The van der Waals surface area contributed by atoms with Gasteiger partial charge in [-0.15, -0.1) is 0 Å². The Hall–Kier alpha value is -1.45. The normalized spacial score (nSPS) is 10.1. The second-order valence-electron chi connectivity index (χ2n) is 3.01. The zero-order chi connectivity index (χ0) is 10.7. The molecule has 75 valence electrons. The minimum atomic E-state index is -0.191. The summed E-state index contributed by atoms with van der Waals surface area (Å²) < 4.78 is 1.39. The van der Waals surface area contributed by atoms with E-state index < -0.39 is 0 Å². The van der Waals surface area contributed by atoms with Crippen molar-refractivity contribution in [1.29, 1.82) is 0 Å². The number of hydrogen-bond donors (Lipinski definition) is 0. The molecule has 5 heteroatoms. The van der Waals surface area contributed by atoms with Crippen molar-refractivity contribution >= 4 is 20.7 Å². The van der Waals surface area contributed by atoms with E-state index in [1.807, 2.05) is 30.3 Å². The summed E-state index contributed by atoms with van der Waals surface area (Å²) >= 11 is 2.41. The summed E-state index contributed by atoms with van der Waals surface area (Å²) in [5, 5.41) is 4.00. The zero-order valence-corrected chi connectivity index (χ0v) is 9.54.